The number of carbonyl (C=O) groups excluding carboxylic acids is 4. The molecule has 2 aliphatic rings. The third-order valence-electron chi connectivity index (χ3n) is 5.21. The van der Waals surface area contributed by atoms with E-state index >= 15 is 0 Å². The maximum Gasteiger partial charge on any atom is 0.317 e. The molecule has 2 rings (SSSR count). The van der Waals surface area contributed by atoms with Crippen molar-refractivity contribution in [2.75, 3.05) is 0 Å². The normalized spacial score (nSPS) is 31.5. The molecule has 0 aliphatic carbocycles. The molecule has 0 aromatic heterocycles. The number of hydrogen-bond acceptors (Lipinski definition) is 6. The number of ether oxygens (including phenoxy) is 2. The molecule has 24 heavy (non-hydrogen) atoms. The highest BCUT2D eigenvalue weighted by molar-refractivity contribution is 5.97. The third kappa shape index (κ3) is 3.68. The summed E-state index contributed by atoms with van der Waals surface area (Å²) in [5, 5.41) is 0. The minimum Gasteiger partial charge on any atom is -0.393 e. The maximum absolute atomic E-state index is 12.0. The molecular formula is C18H26O6. The van der Waals surface area contributed by atoms with Gasteiger partial charge < -0.3 is 9.47 Å². The van der Waals surface area contributed by atoms with Crippen molar-refractivity contribution in [3.05, 3.63) is 0 Å². The summed E-state index contributed by atoms with van der Waals surface area (Å²) < 4.78 is 9.56. The van der Waals surface area contributed by atoms with Gasteiger partial charge in [-0.3, -0.25) is 19.2 Å². The highest BCUT2D eigenvalue weighted by atomic mass is 16.6. The first-order valence-corrected chi connectivity index (χ1v) is 8.77. The number of cyclic esters (lactones) is 4. The van der Waals surface area contributed by atoms with Crippen LogP contribution in [0.15, 0.2) is 0 Å². The van der Waals surface area contributed by atoms with Crippen LogP contribution in [0.25, 0.3) is 0 Å². The standard InChI is InChI=1S/C18H26O6/c1-5-11-14(18(22)24-15(11)19)10(4)6-7-12-13(8-9(2)3)17(21)23-16(12)20/h9-14H,5-8H2,1-4H3. The van der Waals surface area contributed by atoms with Crippen LogP contribution in [0.1, 0.15) is 53.4 Å². The Morgan fingerprint density at radius 1 is 0.833 bits per heavy atom. The second-order valence-electron chi connectivity index (χ2n) is 7.42. The van der Waals surface area contributed by atoms with E-state index in [1.54, 1.807) is 0 Å². The van der Waals surface area contributed by atoms with Crippen molar-refractivity contribution in [1.29, 1.82) is 0 Å². The van der Waals surface area contributed by atoms with Gasteiger partial charge in [0, 0.05) is 0 Å². The zero-order valence-electron chi connectivity index (χ0n) is 14.7. The number of esters is 4. The smallest absolute Gasteiger partial charge is 0.317 e. The summed E-state index contributed by atoms with van der Waals surface area (Å²) in [6.45, 7) is 7.76. The molecule has 0 aromatic carbocycles. The first kappa shape index (κ1) is 18.6. The number of rotatable bonds is 7. The van der Waals surface area contributed by atoms with Crippen LogP contribution < -0.4 is 0 Å². The van der Waals surface area contributed by atoms with Crippen molar-refractivity contribution < 1.29 is 28.7 Å². The van der Waals surface area contributed by atoms with E-state index in [1.807, 2.05) is 27.7 Å². The van der Waals surface area contributed by atoms with Crippen molar-refractivity contribution >= 4 is 23.9 Å². The molecule has 134 valence electrons. The minimum absolute atomic E-state index is 0.0860. The van der Waals surface area contributed by atoms with Crippen molar-refractivity contribution in [3.63, 3.8) is 0 Å². The monoisotopic (exact) mass is 338 g/mol. The second kappa shape index (κ2) is 7.45. The maximum atomic E-state index is 12.0. The van der Waals surface area contributed by atoms with Crippen molar-refractivity contribution in [1.82, 2.24) is 0 Å². The predicted octanol–water partition coefficient (Wildman–Crippen LogP) is 2.49. The van der Waals surface area contributed by atoms with Gasteiger partial charge in [0.15, 0.2) is 0 Å². The van der Waals surface area contributed by atoms with Crippen molar-refractivity contribution in [3.8, 4) is 0 Å². The minimum atomic E-state index is -0.469. The van der Waals surface area contributed by atoms with Crippen LogP contribution in [0.5, 0.6) is 0 Å². The van der Waals surface area contributed by atoms with Crippen LogP contribution in [0.3, 0.4) is 0 Å². The fourth-order valence-corrected chi connectivity index (χ4v) is 3.89. The number of hydrogen-bond donors (Lipinski definition) is 0. The van der Waals surface area contributed by atoms with Crippen LogP contribution in [-0.4, -0.2) is 23.9 Å². The molecule has 5 atom stereocenters. The van der Waals surface area contributed by atoms with Gasteiger partial charge >= 0.3 is 23.9 Å². The average molecular weight is 338 g/mol. The summed E-state index contributed by atoms with van der Waals surface area (Å²) in [6.07, 6.45) is 2.23. The second-order valence-corrected chi connectivity index (χ2v) is 7.42. The Balaban J connectivity index is 2.00. The first-order valence-electron chi connectivity index (χ1n) is 8.77. The molecule has 0 spiro atoms. The van der Waals surface area contributed by atoms with Gasteiger partial charge in [-0.05, 0) is 37.5 Å². The molecule has 0 amide bonds. The van der Waals surface area contributed by atoms with Crippen LogP contribution in [0.4, 0.5) is 0 Å². The summed E-state index contributed by atoms with van der Waals surface area (Å²) in [5.41, 5.74) is 0. The lowest BCUT2D eigenvalue weighted by atomic mass is 9.77. The van der Waals surface area contributed by atoms with Crippen LogP contribution in [0, 0.1) is 35.5 Å². The molecule has 6 nitrogen and oxygen atoms in total. The lowest BCUT2D eigenvalue weighted by molar-refractivity contribution is -0.155. The van der Waals surface area contributed by atoms with Gasteiger partial charge in [0.1, 0.15) is 0 Å². The Morgan fingerprint density at radius 3 is 1.96 bits per heavy atom. The summed E-state index contributed by atoms with van der Waals surface area (Å²) in [5.74, 6) is -3.33. The third-order valence-corrected chi connectivity index (χ3v) is 5.21. The highest BCUT2D eigenvalue weighted by Crippen LogP contribution is 2.38. The van der Waals surface area contributed by atoms with Gasteiger partial charge in [0.2, 0.25) is 0 Å². The molecule has 0 saturated carbocycles. The fraction of sp³-hybridized carbons (Fsp3) is 0.778. The van der Waals surface area contributed by atoms with Gasteiger partial charge in [0.25, 0.3) is 0 Å². The zero-order chi connectivity index (χ0) is 18.0. The Labute approximate surface area is 142 Å². The lowest BCUT2D eigenvalue weighted by Crippen LogP contribution is -2.26. The van der Waals surface area contributed by atoms with E-state index in [2.05, 4.69) is 0 Å². The number of carbonyl (C=O) groups is 4. The van der Waals surface area contributed by atoms with Gasteiger partial charge in [-0.25, -0.2) is 0 Å². The van der Waals surface area contributed by atoms with Gasteiger partial charge in [-0.2, -0.15) is 0 Å². The highest BCUT2D eigenvalue weighted by Gasteiger charge is 2.47. The molecule has 0 aromatic rings. The molecule has 2 saturated heterocycles. The SMILES string of the molecule is CCC1C(=O)OC(=O)C1C(C)CCC1C(=O)OC(=O)C1CC(C)C. The Hall–Kier alpha value is -1.72. The van der Waals surface area contributed by atoms with Crippen LogP contribution >= 0.6 is 0 Å². The lowest BCUT2D eigenvalue weighted by Gasteiger charge is -2.22. The molecule has 0 bridgehead atoms. The molecule has 2 aliphatic heterocycles. The largest absolute Gasteiger partial charge is 0.393 e. The van der Waals surface area contributed by atoms with Gasteiger partial charge in [-0.15, -0.1) is 0 Å². The summed E-state index contributed by atoms with van der Waals surface area (Å²) in [6, 6.07) is 0. The van der Waals surface area contributed by atoms with E-state index in [-0.39, 0.29) is 5.92 Å². The van der Waals surface area contributed by atoms with Crippen molar-refractivity contribution in [2.45, 2.75) is 53.4 Å². The zero-order valence-corrected chi connectivity index (χ0v) is 14.7. The summed E-state index contributed by atoms with van der Waals surface area (Å²) >= 11 is 0. The Kier molecular flexibility index (Phi) is 5.78. The topological polar surface area (TPSA) is 86.7 Å². The quantitative estimate of drug-likeness (QED) is 0.523. The summed E-state index contributed by atoms with van der Waals surface area (Å²) in [4.78, 5) is 47.4. The Bertz CT molecular complexity index is 538. The van der Waals surface area contributed by atoms with Crippen LogP contribution in [-0.2, 0) is 28.7 Å². The molecule has 5 unspecified atom stereocenters. The average Bonchev–Trinajstić information content (AvgIpc) is 2.92. The predicted molar refractivity (Wildman–Crippen MR) is 84.3 cm³/mol. The van der Waals surface area contributed by atoms with E-state index in [1.165, 1.54) is 0 Å². The molecule has 6 heteroatoms. The van der Waals surface area contributed by atoms with Gasteiger partial charge in [0.05, 0.1) is 23.7 Å². The molecular weight excluding hydrogens is 312 g/mol. The van der Waals surface area contributed by atoms with Crippen LogP contribution in [0.2, 0.25) is 0 Å². The van der Waals surface area contributed by atoms with Gasteiger partial charge in [-0.1, -0.05) is 27.7 Å². The van der Waals surface area contributed by atoms with E-state index in [9.17, 15) is 19.2 Å². The molecule has 2 fully saturated rings. The summed E-state index contributed by atoms with van der Waals surface area (Å²) in [7, 11) is 0. The van der Waals surface area contributed by atoms with E-state index < -0.39 is 47.5 Å². The Morgan fingerprint density at radius 2 is 1.38 bits per heavy atom. The fourth-order valence-electron chi connectivity index (χ4n) is 3.89. The molecule has 0 radical (unpaired) electrons. The van der Waals surface area contributed by atoms with E-state index in [4.69, 9.17) is 9.47 Å². The first-order chi connectivity index (χ1) is 11.3. The van der Waals surface area contributed by atoms with E-state index in [0.29, 0.717) is 31.6 Å². The van der Waals surface area contributed by atoms with E-state index in [0.717, 1.165) is 0 Å². The van der Waals surface area contributed by atoms with Crippen molar-refractivity contribution in [2.24, 2.45) is 35.5 Å². The molecule has 2 heterocycles. The molecule has 0 N–H and O–H groups in total.